The number of aromatic nitrogens is 1. The molecule has 0 spiro atoms. The molecule has 0 saturated heterocycles. The van der Waals surface area contributed by atoms with Crippen molar-refractivity contribution in [3.05, 3.63) is 48.2 Å². The Morgan fingerprint density at radius 2 is 1.72 bits per heavy atom. The summed E-state index contributed by atoms with van der Waals surface area (Å²) in [6.45, 7) is 0. The van der Waals surface area contributed by atoms with Crippen molar-refractivity contribution < 1.29 is 17.9 Å². The van der Waals surface area contributed by atoms with E-state index in [9.17, 15) is 13.2 Å². The number of methoxy groups -OCH3 is 1. The lowest BCUT2D eigenvalue weighted by atomic mass is 10.1. The van der Waals surface area contributed by atoms with Crippen molar-refractivity contribution in [2.45, 2.75) is 6.18 Å². The molecule has 0 bridgehead atoms. The van der Waals surface area contributed by atoms with Gasteiger partial charge in [-0.2, -0.15) is 13.2 Å². The van der Waals surface area contributed by atoms with Gasteiger partial charge < -0.3 is 4.74 Å². The van der Waals surface area contributed by atoms with E-state index in [1.165, 1.54) is 19.2 Å². The highest BCUT2D eigenvalue weighted by molar-refractivity contribution is 5.67. The molecule has 0 unspecified atom stereocenters. The molecule has 0 aliphatic carbocycles. The van der Waals surface area contributed by atoms with Gasteiger partial charge in [-0.15, -0.1) is 0 Å². The van der Waals surface area contributed by atoms with Crippen molar-refractivity contribution >= 4 is 0 Å². The molecule has 2 aromatic rings. The summed E-state index contributed by atoms with van der Waals surface area (Å²) in [5.41, 5.74) is -0.140. The van der Waals surface area contributed by atoms with Crippen LogP contribution in [0, 0.1) is 0 Å². The molecule has 0 N–H and O–H groups in total. The number of hydrogen-bond donors (Lipinski definition) is 0. The fourth-order valence-electron chi connectivity index (χ4n) is 1.60. The Bertz CT molecular complexity index is 552. The molecule has 5 heteroatoms. The first-order chi connectivity index (χ1) is 8.52. The van der Waals surface area contributed by atoms with Crippen molar-refractivity contribution in [1.29, 1.82) is 0 Å². The van der Waals surface area contributed by atoms with Crippen molar-refractivity contribution in [1.82, 2.24) is 4.98 Å². The highest BCUT2D eigenvalue weighted by Gasteiger charge is 2.32. The maximum atomic E-state index is 12.6. The molecule has 1 heterocycles. The van der Waals surface area contributed by atoms with Gasteiger partial charge in [0.05, 0.1) is 12.8 Å². The Morgan fingerprint density at radius 3 is 2.39 bits per heavy atom. The molecule has 0 aliphatic heterocycles. The summed E-state index contributed by atoms with van der Waals surface area (Å²) < 4.78 is 42.8. The Morgan fingerprint density at radius 1 is 1.00 bits per heavy atom. The second-order valence-corrected chi connectivity index (χ2v) is 3.61. The average Bonchev–Trinajstić information content (AvgIpc) is 2.38. The molecule has 0 radical (unpaired) electrons. The normalized spacial score (nSPS) is 11.3. The molecule has 18 heavy (non-hydrogen) atoms. The number of alkyl halides is 3. The Balaban J connectivity index is 2.51. The summed E-state index contributed by atoms with van der Waals surface area (Å²) in [5, 5.41) is 0. The maximum Gasteiger partial charge on any atom is 0.433 e. The number of ether oxygens (including phenoxy) is 1. The first-order valence-corrected chi connectivity index (χ1v) is 5.20. The molecule has 0 atom stereocenters. The molecular weight excluding hydrogens is 243 g/mol. The lowest BCUT2D eigenvalue weighted by Crippen LogP contribution is -2.08. The molecule has 1 aromatic carbocycles. The first kappa shape index (κ1) is 12.4. The van der Waals surface area contributed by atoms with Crippen LogP contribution in [0.5, 0.6) is 5.75 Å². The number of hydrogen-bond acceptors (Lipinski definition) is 2. The number of para-hydroxylation sites is 1. The van der Waals surface area contributed by atoms with Gasteiger partial charge in [-0.3, -0.25) is 0 Å². The Labute approximate surface area is 102 Å². The van der Waals surface area contributed by atoms with Gasteiger partial charge in [0.2, 0.25) is 0 Å². The number of benzene rings is 1. The zero-order valence-corrected chi connectivity index (χ0v) is 9.53. The number of rotatable bonds is 2. The van der Waals surface area contributed by atoms with Crippen molar-refractivity contribution in [3.8, 4) is 17.0 Å². The molecular formula is C13H10F3NO. The largest absolute Gasteiger partial charge is 0.496 e. The van der Waals surface area contributed by atoms with Crippen LogP contribution < -0.4 is 4.74 Å². The van der Waals surface area contributed by atoms with Crippen molar-refractivity contribution in [2.75, 3.05) is 7.11 Å². The van der Waals surface area contributed by atoms with E-state index >= 15 is 0 Å². The molecule has 1 aromatic heterocycles. The van der Waals surface area contributed by atoms with Gasteiger partial charge in [-0.05, 0) is 24.3 Å². The van der Waals surface area contributed by atoms with Crippen LogP contribution in [-0.4, -0.2) is 12.1 Å². The summed E-state index contributed by atoms with van der Waals surface area (Å²) in [6, 6.07) is 10.6. The topological polar surface area (TPSA) is 22.1 Å². The second-order valence-electron chi connectivity index (χ2n) is 3.61. The summed E-state index contributed by atoms with van der Waals surface area (Å²) >= 11 is 0. The van der Waals surface area contributed by atoms with Crippen LogP contribution >= 0.6 is 0 Å². The molecule has 2 nitrogen and oxygen atoms in total. The van der Waals surface area contributed by atoms with Crippen molar-refractivity contribution in [2.24, 2.45) is 0 Å². The highest BCUT2D eigenvalue weighted by atomic mass is 19.4. The summed E-state index contributed by atoms with van der Waals surface area (Å²) in [4.78, 5) is 3.62. The van der Waals surface area contributed by atoms with E-state index in [1.54, 1.807) is 24.3 Å². The number of halogens is 3. The monoisotopic (exact) mass is 253 g/mol. The van der Waals surface area contributed by atoms with E-state index in [0.717, 1.165) is 6.07 Å². The molecule has 94 valence electrons. The van der Waals surface area contributed by atoms with Crippen LogP contribution in [0.25, 0.3) is 11.3 Å². The van der Waals surface area contributed by atoms with E-state index in [0.29, 0.717) is 11.3 Å². The van der Waals surface area contributed by atoms with Crippen molar-refractivity contribution in [3.63, 3.8) is 0 Å². The van der Waals surface area contributed by atoms with E-state index in [2.05, 4.69) is 4.98 Å². The minimum atomic E-state index is -4.45. The smallest absolute Gasteiger partial charge is 0.433 e. The molecule has 0 saturated carbocycles. The van der Waals surface area contributed by atoms with E-state index in [-0.39, 0.29) is 5.69 Å². The molecule has 0 aliphatic rings. The third kappa shape index (κ3) is 2.45. The van der Waals surface area contributed by atoms with Gasteiger partial charge in [-0.1, -0.05) is 18.2 Å². The third-order valence-electron chi connectivity index (χ3n) is 2.42. The first-order valence-electron chi connectivity index (χ1n) is 5.20. The maximum absolute atomic E-state index is 12.6. The lowest BCUT2D eigenvalue weighted by Gasteiger charge is -2.10. The zero-order valence-electron chi connectivity index (χ0n) is 9.53. The van der Waals surface area contributed by atoms with Crippen LogP contribution in [0.4, 0.5) is 13.2 Å². The lowest BCUT2D eigenvalue weighted by molar-refractivity contribution is -0.141. The van der Waals surface area contributed by atoms with Crippen LogP contribution in [0.15, 0.2) is 42.5 Å². The molecule has 0 amide bonds. The Kier molecular flexibility index (Phi) is 3.23. The fourth-order valence-corrected chi connectivity index (χ4v) is 1.60. The summed E-state index contributed by atoms with van der Waals surface area (Å²) in [5.74, 6) is 0.490. The highest BCUT2D eigenvalue weighted by Crippen LogP contribution is 2.32. The number of pyridine rings is 1. The predicted molar refractivity (Wildman–Crippen MR) is 61.2 cm³/mol. The molecule has 2 rings (SSSR count). The van der Waals surface area contributed by atoms with Gasteiger partial charge in [0.15, 0.2) is 0 Å². The van der Waals surface area contributed by atoms with Crippen LogP contribution in [0.1, 0.15) is 5.69 Å². The van der Waals surface area contributed by atoms with Gasteiger partial charge in [0, 0.05) is 5.56 Å². The van der Waals surface area contributed by atoms with Gasteiger partial charge >= 0.3 is 6.18 Å². The minimum Gasteiger partial charge on any atom is -0.496 e. The average molecular weight is 253 g/mol. The van der Waals surface area contributed by atoms with Crippen LogP contribution in [-0.2, 0) is 6.18 Å². The second kappa shape index (κ2) is 4.68. The minimum absolute atomic E-state index is 0.238. The quantitative estimate of drug-likeness (QED) is 0.812. The summed E-state index contributed by atoms with van der Waals surface area (Å²) in [7, 11) is 1.46. The van der Waals surface area contributed by atoms with Crippen LogP contribution in [0.2, 0.25) is 0 Å². The standard InChI is InChI=1S/C13H10F3NO/c1-18-11-7-3-2-5-9(11)10-6-4-8-12(17-10)13(14,15)16/h2-8H,1H3. The molecule has 0 fully saturated rings. The zero-order chi connectivity index (χ0) is 13.2. The van der Waals surface area contributed by atoms with Gasteiger partial charge in [-0.25, -0.2) is 4.98 Å². The number of nitrogens with zero attached hydrogens (tertiary/aromatic N) is 1. The third-order valence-corrected chi connectivity index (χ3v) is 2.42. The predicted octanol–water partition coefficient (Wildman–Crippen LogP) is 3.78. The van der Waals surface area contributed by atoms with Gasteiger partial charge in [0.25, 0.3) is 0 Å². The van der Waals surface area contributed by atoms with Crippen LogP contribution in [0.3, 0.4) is 0 Å². The van der Waals surface area contributed by atoms with E-state index in [1.807, 2.05) is 0 Å². The summed E-state index contributed by atoms with van der Waals surface area (Å²) in [6.07, 6.45) is -4.45. The van der Waals surface area contributed by atoms with Gasteiger partial charge in [0.1, 0.15) is 11.4 Å². The van der Waals surface area contributed by atoms with E-state index in [4.69, 9.17) is 4.74 Å². The van der Waals surface area contributed by atoms with E-state index < -0.39 is 11.9 Å². The Hall–Kier alpha value is -2.04. The SMILES string of the molecule is COc1ccccc1-c1cccc(C(F)(F)F)n1. The fraction of sp³-hybridized carbons (Fsp3) is 0.154.